The van der Waals surface area contributed by atoms with Crippen LogP contribution in [-0.4, -0.2) is 9.97 Å². The molecule has 0 saturated carbocycles. The van der Waals surface area contributed by atoms with Crippen molar-refractivity contribution in [1.82, 2.24) is 9.97 Å². The minimum absolute atomic E-state index is 0.0348. The zero-order valence-electron chi connectivity index (χ0n) is 10.4. The summed E-state index contributed by atoms with van der Waals surface area (Å²) in [6.45, 7) is 0. The maximum atomic E-state index is 12.7. The molecule has 112 valence electrons. The second-order valence-corrected chi connectivity index (χ2v) is 4.37. The highest BCUT2D eigenvalue weighted by Crippen LogP contribution is 2.34. The number of nitrogens with two attached hydrogens (primary N) is 2. The predicted octanol–water partition coefficient (Wildman–Crippen LogP) is 2.76. The Hall–Kier alpha value is -2.26. The van der Waals surface area contributed by atoms with Crippen molar-refractivity contribution in [1.29, 1.82) is 0 Å². The van der Waals surface area contributed by atoms with Gasteiger partial charge in [-0.3, -0.25) is 0 Å². The fourth-order valence-electron chi connectivity index (χ4n) is 1.54. The first-order chi connectivity index (χ1) is 9.79. The first-order valence-corrected chi connectivity index (χ1v) is 5.92. The number of hydrogen-bond acceptors (Lipinski definition) is 6. The van der Waals surface area contributed by atoms with Gasteiger partial charge in [-0.1, -0.05) is 11.6 Å². The highest BCUT2D eigenvalue weighted by molar-refractivity contribution is 6.33. The van der Waals surface area contributed by atoms with Gasteiger partial charge in [0.15, 0.2) is 0 Å². The van der Waals surface area contributed by atoms with Crippen molar-refractivity contribution < 1.29 is 13.2 Å². The van der Waals surface area contributed by atoms with Crippen LogP contribution < -0.4 is 22.3 Å². The molecule has 0 aliphatic rings. The number of nitrogens with zero attached hydrogens (tertiary/aromatic N) is 2. The van der Waals surface area contributed by atoms with Crippen LogP contribution in [0.15, 0.2) is 24.3 Å². The summed E-state index contributed by atoms with van der Waals surface area (Å²) >= 11 is 5.86. The van der Waals surface area contributed by atoms with Crippen LogP contribution in [-0.2, 0) is 6.18 Å². The number of hydrogen-bond donors (Lipinski definition) is 4. The molecule has 6 N–H and O–H groups in total. The molecule has 10 heteroatoms. The molecule has 0 radical (unpaired) electrons. The second-order valence-electron chi connectivity index (χ2n) is 3.96. The lowest BCUT2D eigenvalue weighted by molar-refractivity contribution is -0.137. The minimum Gasteiger partial charge on any atom is -0.368 e. The first kappa shape index (κ1) is 15.1. The molecule has 6 nitrogen and oxygen atoms in total. The lowest BCUT2D eigenvalue weighted by atomic mass is 10.2. The van der Waals surface area contributed by atoms with Crippen LogP contribution >= 0.6 is 11.6 Å². The molecule has 0 aliphatic carbocycles. The van der Waals surface area contributed by atoms with Gasteiger partial charge in [0.1, 0.15) is 11.6 Å². The van der Waals surface area contributed by atoms with Gasteiger partial charge in [0.25, 0.3) is 0 Å². The molecule has 0 unspecified atom stereocenters. The van der Waals surface area contributed by atoms with Crippen molar-refractivity contribution in [2.75, 3.05) is 16.5 Å². The number of alkyl halides is 3. The average Bonchev–Trinajstić information content (AvgIpc) is 2.39. The molecule has 0 spiro atoms. The molecule has 21 heavy (non-hydrogen) atoms. The number of nitrogens with one attached hydrogen (secondary N) is 2. The number of nitrogen functional groups attached to an aromatic ring is 2. The molecule has 1 aromatic heterocycles. The van der Waals surface area contributed by atoms with Crippen LogP contribution in [0.25, 0.3) is 0 Å². The third-order valence-electron chi connectivity index (χ3n) is 2.45. The van der Waals surface area contributed by atoms with Crippen LogP contribution in [0.4, 0.5) is 36.4 Å². The summed E-state index contributed by atoms with van der Waals surface area (Å²) in [5.74, 6) is 5.44. The Labute approximate surface area is 122 Å². The molecular formula is C11H10ClF3N6. The Morgan fingerprint density at radius 2 is 1.76 bits per heavy atom. The number of anilines is 4. The van der Waals surface area contributed by atoms with E-state index in [9.17, 15) is 13.2 Å². The lowest BCUT2D eigenvalue weighted by Crippen LogP contribution is -2.11. The van der Waals surface area contributed by atoms with Gasteiger partial charge < -0.3 is 16.5 Å². The van der Waals surface area contributed by atoms with E-state index in [0.717, 1.165) is 18.2 Å². The molecule has 0 aliphatic heterocycles. The Morgan fingerprint density at radius 1 is 1.10 bits per heavy atom. The third kappa shape index (κ3) is 3.64. The van der Waals surface area contributed by atoms with Crippen molar-refractivity contribution in [3.63, 3.8) is 0 Å². The molecule has 0 bridgehead atoms. The summed E-state index contributed by atoms with van der Waals surface area (Å²) in [6, 6.07) is 4.26. The second kappa shape index (κ2) is 5.62. The molecular weight excluding hydrogens is 309 g/mol. The van der Waals surface area contributed by atoms with E-state index < -0.39 is 11.7 Å². The molecule has 2 rings (SSSR count). The number of aromatic nitrogens is 2. The van der Waals surface area contributed by atoms with Crippen LogP contribution in [0.2, 0.25) is 5.02 Å². The molecule has 0 atom stereocenters. The van der Waals surface area contributed by atoms with E-state index in [0.29, 0.717) is 0 Å². The van der Waals surface area contributed by atoms with E-state index in [1.807, 2.05) is 0 Å². The summed E-state index contributed by atoms with van der Waals surface area (Å²) in [6.07, 6.45) is -4.48. The van der Waals surface area contributed by atoms with Gasteiger partial charge in [0.2, 0.25) is 5.95 Å². The van der Waals surface area contributed by atoms with Gasteiger partial charge in [-0.25, -0.2) is 5.84 Å². The maximum absolute atomic E-state index is 12.7. The van der Waals surface area contributed by atoms with Crippen LogP contribution in [0.3, 0.4) is 0 Å². The number of benzene rings is 1. The minimum atomic E-state index is -4.48. The highest BCUT2D eigenvalue weighted by atomic mass is 35.5. The van der Waals surface area contributed by atoms with Gasteiger partial charge in [0.05, 0.1) is 16.3 Å². The number of hydrazine groups is 1. The van der Waals surface area contributed by atoms with Crippen LogP contribution in [0.5, 0.6) is 0 Å². The van der Waals surface area contributed by atoms with Crippen molar-refractivity contribution >= 4 is 34.9 Å². The van der Waals surface area contributed by atoms with Crippen molar-refractivity contribution in [3.8, 4) is 0 Å². The predicted molar refractivity (Wildman–Crippen MR) is 74.0 cm³/mol. The van der Waals surface area contributed by atoms with Crippen LogP contribution in [0.1, 0.15) is 5.56 Å². The molecule has 2 aromatic rings. The van der Waals surface area contributed by atoms with E-state index in [-0.39, 0.29) is 28.3 Å². The summed E-state index contributed by atoms with van der Waals surface area (Å²) in [5.41, 5.74) is 6.91. The molecule has 1 heterocycles. The molecule has 0 saturated heterocycles. The highest BCUT2D eigenvalue weighted by Gasteiger charge is 2.31. The summed E-state index contributed by atoms with van der Waals surface area (Å²) < 4.78 is 38.0. The van der Waals surface area contributed by atoms with Gasteiger partial charge in [-0.05, 0) is 18.2 Å². The third-order valence-corrected chi connectivity index (χ3v) is 2.78. The van der Waals surface area contributed by atoms with Crippen molar-refractivity contribution in [2.24, 2.45) is 5.84 Å². The Bertz CT molecular complexity index is 661. The van der Waals surface area contributed by atoms with Crippen molar-refractivity contribution in [3.05, 3.63) is 34.9 Å². The molecule has 1 aromatic carbocycles. The van der Waals surface area contributed by atoms with E-state index in [4.69, 9.17) is 23.2 Å². The van der Waals surface area contributed by atoms with E-state index in [1.54, 1.807) is 0 Å². The van der Waals surface area contributed by atoms with Gasteiger partial charge >= 0.3 is 6.18 Å². The Balaban J connectivity index is 2.37. The molecule has 0 fully saturated rings. The van der Waals surface area contributed by atoms with Crippen molar-refractivity contribution in [2.45, 2.75) is 6.18 Å². The van der Waals surface area contributed by atoms with E-state index >= 15 is 0 Å². The SMILES string of the molecule is NNc1cc(Nc2cc(C(F)(F)F)ccc2Cl)nc(N)n1. The van der Waals surface area contributed by atoms with Crippen LogP contribution in [0, 0.1) is 0 Å². The normalized spacial score (nSPS) is 11.3. The van der Waals surface area contributed by atoms with Gasteiger partial charge in [-0.2, -0.15) is 23.1 Å². The quantitative estimate of drug-likeness (QED) is 0.513. The zero-order valence-corrected chi connectivity index (χ0v) is 11.1. The smallest absolute Gasteiger partial charge is 0.368 e. The standard InChI is InChI=1S/C11H10ClF3N6/c12-6-2-1-5(11(13,14)15)3-7(6)18-8-4-9(21-17)20-10(16)19-8/h1-4H,17H2,(H4,16,18,19,20,21). The Kier molecular flexibility index (Phi) is 4.05. The zero-order chi connectivity index (χ0) is 15.6. The lowest BCUT2D eigenvalue weighted by Gasteiger charge is -2.12. The number of rotatable bonds is 3. The van der Waals surface area contributed by atoms with E-state index in [2.05, 4.69) is 20.7 Å². The summed E-state index contributed by atoms with van der Waals surface area (Å²) in [4.78, 5) is 7.58. The van der Waals surface area contributed by atoms with Gasteiger partial charge in [-0.15, -0.1) is 0 Å². The number of halogens is 4. The average molecular weight is 319 g/mol. The monoisotopic (exact) mass is 318 g/mol. The maximum Gasteiger partial charge on any atom is 0.416 e. The fourth-order valence-corrected chi connectivity index (χ4v) is 1.70. The van der Waals surface area contributed by atoms with E-state index in [1.165, 1.54) is 6.07 Å². The largest absolute Gasteiger partial charge is 0.416 e. The summed E-state index contributed by atoms with van der Waals surface area (Å²) in [7, 11) is 0. The topological polar surface area (TPSA) is 102 Å². The Morgan fingerprint density at radius 3 is 2.38 bits per heavy atom. The molecule has 0 amide bonds. The summed E-state index contributed by atoms with van der Waals surface area (Å²) in [5, 5.41) is 2.74. The van der Waals surface area contributed by atoms with Gasteiger partial charge in [0, 0.05) is 6.07 Å². The fraction of sp³-hybridized carbons (Fsp3) is 0.0909. The first-order valence-electron chi connectivity index (χ1n) is 5.54.